The van der Waals surface area contributed by atoms with Crippen molar-refractivity contribution in [1.29, 1.82) is 0 Å². The fourth-order valence-corrected chi connectivity index (χ4v) is 2.49. The minimum Gasteiger partial charge on any atom is -0.482 e. The average molecular weight is 373 g/mol. The highest BCUT2D eigenvalue weighted by molar-refractivity contribution is 9.10. The highest BCUT2D eigenvalue weighted by atomic mass is 79.9. The molecule has 5 heteroatoms. The molecule has 1 heterocycles. The zero-order chi connectivity index (χ0) is 16.4. The molecule has 0 aliphatic rings. The number of hydrogen-bond acceptors (Lipinski definition) is 4. The number of ether oxygens (including phenoxy) is 1. The molecule has 0 saturated carbocycles. The van der Waals surface area contributed by atoms with E-state index in [4.69, 9.17) is 9.15 Å². The first kappa shape index (κ1) is 15.5. The number of carbonyl (C=O) groups is 1. The Hall–Kier alpha value is -2.40. The quantitative estimate of drug-likeness (QED) is 0.508. The Kier molecular flexibility index (Phi) is 4.30. The Morgan fingerprint density at radius 2 is 1.78 bits per heavy atom. The zero-order valence-corrected chi connectivity index (χ0v) is 13.9. The molecule has 0 radical (unpaired) electrons. The molecule has 0 N–H and O–H groups in total. The summed E-state index contributed by atoms with van der Waals surface area (Å²) < 4.78 is 11.7. The molecule has 0 saturated heterocycles. The van der Waals surface area contributed by atoms with Crippen LogP contribution in [0, 0.1) is 0 Å². The van der Waals surface area contributed by atoms with Crippen molar-refractivity contribution in [2.24, 2.45) is 0 Å². The van der Waals surface area contributed by atoms with Gasteiger partial charge in [-0.3, -0.25) is 4.79 Å². The fraction of sp³-hybridized carbons (Fsp3) is 0.111. The fourth-order valence-electron chi connectivity index (χ4n) is 2.22. The van der Waals surface area contributed by atoms with Gasteiger partial charge in [0.2, 0.25) is 5.78 Å². The lowest BCUT2D eigenvalue weighted by Crippen LogP contribution is -2.23. The van der Waals surface area contributed by atoms with Crippen molar-refractivity contribution in [3.8, 4) is 5.75 Å². The molecule has 4 nitrogen and oxygen atoms in total. The second-order valence-corrected chi connectivity index (χ2v) is 6.00. The van der Waals surface area contributed by atoms with Crippen LogP contribution in [0.15, 0.2) is 68.3 Å². The van der Waals surface area contributed by atoms with Crippen molar-refractivity contribution in [2.45, 2.75) is 13.0 Å². The summed E-state index contributed by atoms with van der Waals surface area (Å²) in [6, 6.07) is 15.3. The third-order valence-corrected chi connectivity index (χ3v) is 3.93. The van der Waals surface area contributed by atoms with Gasteiger partial charge in [0.25, 0.3) is 0 Å². The van der Waals surface area contributed by atoms with Crippen molar-refractivity contribution >= 4 is 32.7 Å². The van der Waals surface area contributed by atoms with Crippen LogP contribution in [0.3, 0.4) is 0 Å². The highest BCUT2D eigenvalue weighted by Crippen LogP contribution is 2.21. The maximum absolute atomic E-state index is 12.4. The van der Waals surface area contributed by atoms with E-state index in [1.54, 1.807) is 43.3 Å². The predicted octanol–water partition coefficient (Wildman–Crippen LogP) is 4.21. The number of ketones is 1. The Morgan fingerprint density at radius 1 is 1.09 bits per heavy atom. The number of carbonyl (C=O) groups excluding carboxylic acids is 1. The van der Waals surface area contributed by atoms with Crippen LogP contribution in [0.1, 0.15) is 17.3 Å². The molecule has 3 rings (SSSR count). The van der Waals surface area contributed by atoms with Gasteiger partial charge in [-0.05, 0) is 37.3 Å². The number of halogens is 1. The van der Waals surface area contributed by atoms with E-state index in [1.807, 2.05) is 12.1 Å². The van der Waals surface area contributed by atoms with Gasteiger partial charge in [-0.1, -0.05) is 28.1 Å². The van der Waals surface area contributed by atoms with Crippen LogP contribution in [-0.2, 0) is 0 Å². The van der Waals surface area contributed by atoms with Gasteiger partial charge in [0, 0.05) is 27.6 Å². The van der Waals surface area contributed by atoms with Crippen LogP contribution in [0.25, 0.3) is 11.0 Å². The van der Waals surface area contributed by atoms with Crippen molar-refractivity contribution in [3.63, 3.8) is 0 Å². The number of fused-ring (bicyclic) bond motifs is 1. The number of Topliss-reactive ketones (excluding diaryl/α,β-unsaturated/α-hetero) is 1. The second-order valence-electron chi connectivity index (χ2n) is 5.09. The SMILES string of the molecule is C[C@@H](Oc1ccc2ccc(=O)oc2c1)C(=O)c1ccc(Br)cc1. The molecule has 0 bridgehead atoms. The molecule has 0 spiro atoms. The molecular weight excluding hydrogens is 360 g/mol. The van der Waals surface area contributed by atoms with Crippen molar-refractivity contribution in [2.75, 3.05) is 0 Å². The van der Waals surface area contributed by atoms with Crippen molar-refractivity contribution in [3.05, 3.63) is 75.1 Å². The summed E-state index contributed by atoms with van der Waals surface area (Å²) >= 11 is 3.34. The summed E-state index contributed by atoms with van der Waals surface area (Å²) in [7, 11) is 0. The van der Waals surface area contributed by atoms with E-state index in [1.165, 1.54) is 6.07 Å². The van der Waals surface area contributed by atoms with E-state index in [9.17, 15) is 9.59 Å². The summed E-state index contributed by atoms with van der Waals surface area (Å²) in [4.78, 5) is 23.6. The molecule has 1 aromatic heterocycles. The van der Waals surface area contributed by atoms with Crippen molar-refractivity contribution in [1.82, 2.24) is 0 Å². The predicted molar refractivity (Wildman–Crippen MR) is 91.0 cm³/mol. The van der Waals surface area contributed by atoms with Gasteiger partial charge in [0.1, 0.15) is 11.3 Å². The Bertz CT molecular complexity index is 912. The Morgan fingerprint density at radius 3 is 2.52 bits per heavy atom. The third kappa shape index (κ3) is 3.51. The van der Waals surface area contributed by atoms with E-state index in [0.717, 1.165) is 9.86 Å². The standard InChI is InChI=1S/C18H13BrO4/c1-11(18(21)13-2-6-14(19)7-3-13)22-15-8-4-12-5-9-17(20)23-16(12)10-15/h2-11H,1H3/t11-/m1/s1. The lowest BCUT2D eigenvalue weighted by atomic mass is 10.1. The van der Waals surface area contributed by atoms with Crippen LogP contribution >= 0.6 is 15.9 Å². The van der Waals surface area contributed by atoms with Crippen LogP contribution in [0.2, 0.25) is 0 Å². The lowest BCUT2D eigenvalue weighted by Gasteiger charge is -2.14. The van der Waals surface area contributed by atoms with Crippen LogP contribution in [0.5, 0.6) is 5.75 Å². The molecule has 2 aromatic carbocycles. The maximum atomic E-state index is 12.4. The Labute approximate surface area is 140 Å². The van der Waals surface area contributed by atoms with Crippen LogP contribution in [-0.4, -0.2) is 11.9 Å². The molecule has 0 unspecified atom stereocenters. The monoisotopic (exact) mass is 372 g/mol. The van der Waals surface area contributed by atoms with E-state index in [-0.39, 0.29) is 5.78 Å². The molecule has 23 heavy (non-hydrogen) atoms. The van der Waals surface area contributed by atoms with Gasteiger partial charge in [-0.2, -0.15) is 0 Å². The molecule has 0 aliphatic heterocycles. The maximum Gasteiger partial charge on any atom is 0.336 e. The molecule has 1 atom stereocenters. The number of hydrogen-bond donors (Lipinski definition) is 0. The third-order valence-electron chi connectivity index (χ3n) is 3.41. The molecule has 0 amide bonds. The smallest absolute Gasteiger partial charge is 0.336 e. The topological polar surface area (TPSA) is 56.5 Å². The zero-order valence-electron chi connectivity index (χ0n) is 12.3. The van der Waals surface area contributed by atoms with E-state index >= 15 is 0 Å². The molecular formula is C18H13BrO4. The first-order chi connectivity index (χ1) is 11.0. The largest absolute Gasteiger partial charge is 0.482 e. The molecule has 0 aliphatic carbocycles. The average Bonchev–Trinajstić information content (AvgIpc) is 2.54. The van der Waals surface area contributed by atoms with Gasteiger partial charge in [0.05, 0.1) is 0 Å². The van der Waals surface area contributed by atoms with Crippen LogP contribution < -0.4 is 10.4 Å². The van der Waals surface area contributed by atoms with E-state index in [0.29, 0.717) is 16.9 Å². The number of benzene rings is 2. The molecule has 116 valence electrons. The highest BCUT2D eigenvalue weighted by Gasteiger charge is 2.17. The van der Waals surface area contributed by atoms with Gasteiger partial charge >= 0.3 is 5.63 Å². The van der Waals surface area contributed by atoms with Gasteiger partial charge in [-0.25, -0.2) is 4.79 Å². The minimum atomic E-state index is -0.649. The summed E-state index contributed by atoms with van der Waals surface area (Å²) in [5.41, 5.74) is 0.583. The van der Waals surface area contributed by atoms with E-state index < -0.39 is 11.7 Å². The first-order valence-electron chi connectivity index (χ1n) is 7.03. The summed E-state index contributed by atoms with van der Waals surface area (Å²) in [6.45, 7) is 1.69. The summed E-state index contributed by atoms with van der Waals surface area (Å²) in [5.74, 6) is 0.358. The van der Waals surface area contributed by atoms with Gasteiger partial charge < -0.3 is 9.15 Å². The normalized spacial score (nSPS) is 12.1. The molecule has 0 fully saturated rings. The molecule has 3 aromatic rings. The number of rotatable bonds is 4. The Balaban J connectivity index is 1.81. The second kappa shape index (κ2) is 6.38. The lowest BCUT2D eigenvalue weighted by molar-refractivity contribution is 0.0818. The first-order valence-corrected chi connectivity index (χ1v) is 7.82. The summed E-state index contributed by atoms with van der Waals surface area (Å²) in [6.07, 6.45) is -0.649. The van der Waals surface area contributed by atoms with Crippen molar-refractivity contribution < 1.29 is 13.9 Å². The van der Waals surface area contributed by atoms with Crippen LogP contribution in [0.4, 0.5) is 0 Å². The van der Waals surface area contributed by atoms with Gasteiger partial charge in [-0.15, -0.1) is 0 Å². The van der Waals surface area contributed by atoms with E-state index in [2.05, 4.69) is 15.9 Å². The minimum absolute atomic E-state index is 0.118. The summed E-state index contributed by atoms with van der Waals surface area (Å²) in [5, 5.41) is 0.795. The van der Waals surface area contributed by atoms with Gasteiger partial charge in [0.15, 0.2) is 6.10 Å².